The molecule has 7 heteroatoms. The normalized spacial score (nSPS) is 18.6. The molecule has 1 aromatic rings. The minimum absolute atomic E-state index is 0.0295. The molecular formula is C12H17N3O3S. The fourth-order valence-corrected chi connectivity index (χ4v) is 2.98. The van der Waals surface area contributed by atoms with Gasteiger partial charge in [0.1, 0.15) is 5.01 Å². The molecule has 19 heavy (non-hydrogen) atoms. The first-order valence-corrected chi connectivity index (χ1v) is 7.22. The van der Waals surface area contributed by atoms with Crippen molar-refractivity contribution < 1.29 is 14.7 Å². The Balaban J connectivity index is 1.87. The lowest BCUT2D eigenvalue weighted by atomic mass is 10.2. The molecule has 0 aliphatic carbocycles. The Bertz CT molecular complexity index is 475. The van der Waals surface area contributed by atoms with Gasteiger partial charge in [-0.1, -0.05) is 6.92 Å². The van der Waals surface area contributed by atoms with Gasteiger partial charge in [0.25, 0.3) is 0 Å². The van der Waals surface area contributed by atoms with Crippen molar-refractivity contribution in [2.24, 2.45) is 0 Å². The summed E-state index contributed by atoms with van der Waals surface area (Å²) < 4.78 is 0. The Morgan fingerprint density at radius 2 is 2.42 bits per heavy atom. The standard InChI is InChI=1S/C12H17N3O3S/c1-2-8-4-3-5-15(8)12(18)13-6-10-14-9(7-19-10)11(16)17/h7-8H,2-6H2,1H3,(H,13,18)(H,16,17). The number of carboxylic acids is 1. The molecule has 0 radical (unpaired) electrons. The average molecular weight is 283 g/mol. The van der Waals surface area contributed by atoms with Crippen molar-refractivity contribution in [1.82, 2.24) is 15.2 Å². The Morgan fingerprint density at radius 3 is 3.05 bits per heavy atom. The summed E-state index contributed by atoms with van der Waals surface area (Å²) in [6, 6.07) is 0.238. The summed E-state index contributed by atoms with van der Waals surface area (Å²) in [5.74, 6) is -1.04. The van der Waals surface area contributed by atoms with E-state index in [4.69, 9.17) is 5.11 Å². The number of carbonyl (C=O) groups excluding carboxylic acids is 1. The number of rotatable bonds is 4. The highest BCUT2D eigenvalue weighted by atomic mass is 32.1. The number of aromatic nitrogens is 1. The highest BCUT2D eigenvalue weighted by molar-refractivity contribution is 7.09. The quantitative estimate of drug-likeness (QED) is 0.884. The van der Waals surface area contributed by atoms with Crippen LogP contribution in [-0.4, -0.2) is 39.6 Å². The molecule has 1 saturated heterocycles. The molecule has 0 saturated carbocycles. The van der Waals surface area contributed by atoms with Gasteiger partial charge in [0, 0.05) is 18.0 Å². The van der Waals surface area contributed by atoms with Gasteiger partial charge in [-0.05, 0) is 19.3 Å². The number of urea groups is 1. The van der Waals surface area contributed by atoms with Crippen LogP contribution in [0.25, 0.3) is 0 Å². The summed E-state index contributed by atoms with van der Waals surface area (Å²) >= 11 is 1.24. The van der Waals surface area contributed by atoms with E-state index in [0.717, 1.165) is 25.8 Å². The van der Waals surface area contributed by atoms with Crippen LogP contribution >= 0.6 is 11.3 Å². The zero-order valence-electron chi connectivity index (χ0n) is 10.8. The number of amides is 2. The maximum Gasteiger partial charge on any atom is 0.355 e. The number of thiazole rings is 1. The highest BCUT2D eigenvalue weighted by Crippen LogP contribution is 2.19. The predicted octanol–water partition coefficient (Wildman–Crippen LogP) is 1.93. The molecule has 1 aromatic heterocycles. The fraction of sp³-hybridized carbons (Fsp3) is 0.583. The third-order valence-electron chi connectivity index (χ3n) is 3.27. The molecule has 1 aliphatic rings. The van der Waals surface area contributed by atoms with E-state index < -0.39 is 5.97 Å². The third-order valence-corrected chi connectivity index (χ3v) is 4.12. The zero-order valence-corrected chi connectivity index (χ0v) is 11.6. The molecule has 1 fully saturated rings. The van der Waals surface area contributed by atoms with Crippen molar-refractivity contribution >= 4 is 23.3 Å². The smallest absolute Gasteiger partial charge is 0.355 e. The minimum atomic E-state index is -1.04. The number of hydrogen-bond donors (Lipinski definition) is 2. The second kappa shape index (κ2) is 6.01. The Labute approximate surface area is 115 Å². The van der Waals surface area contributed by atoms with Crippen molar-refractivity contribution in [2.75, 3.05) is 6.54 Å². The molecule has 104 valence electrons. The van der Waals surface area contributed by atoms with Crippen LogP contribution in [0.5, 0.6) is 0 Å². The maximum atomic E-state index is 12.0. The number of hydrogen-bond acceptors (Lipinski definition) is 4. The van der Waals surface area contributed by atoms with E-state index in [1.807, 2.05) is 4.90 Å². The zero-order chi connectivity index (χ0) is 13.8. The Kier molecular flexibility index (Phi) is 4.36. The van der Waals surface area contributed by atoms with E-state index >= 15 is 0 Å². The first kappa shape index (κ1) is 13.8. The number of nitrogens with zero attached hydrogens (tertiary/aromatic N) is 2. The van der Waals surface area contributed by atoms with E-state index in [9.17, 15) is 9.59 Å². The van der Waals surface area contributed by atoms with Crippen LogP contribution in [0.2, 0.25) is 0 Å². The Morgan fingerprint density at radius 1 is 1.63 bits per heavy atom. The van der Waals surface area contributed by atoms with Crippen LogP contribution in [-0.2, 0) is 6.54 Å². The van der Waals surface area contributed by atoms with Gasteiger partial charge in [-0.15, -0.1) is 11.3 Å². The van der Waals surface area contributed by atoms with Gasteiger partial charge in [-0.3, -0.25) is 0 Å². The highest BCUT2D eigenvalue weighted by Gasteiger charge is 2.27. The molecule has 0 spiro atoms. The number of nitrogens with one attached hydrogen (secondary N) is 1. The summed E-state index contributed by atoms with van der Waals surface area (Å²) in [6.07, 6.45) is 3.07. The summed E-state index contributed by atoms with van der Waals surface area (Å²) in [5, 5.41) is 13.7. The van der Waals surface area contributed by atoms with Crippen molar-refractivity contribution in [3.05, 3.63) is 16.1 Å². The number of likely N-dealkylation sites (tertiary alicyclic amines) is 1. The molecule has 0 bridgehead atoms. The third kappa shape index (κ3) is 3.23. The van der Waals surface area contributed by atoms with Gasteiger partial charge >= 0.3 is 12.0 Å². The van der Waals surface area contributed by atoms with Crippen molar-refractivity contribution in [2.45, 2.75) is 38.8 Å². The fourth-order valence-electron chi connectivity index (χ4n) is 2.27. The summed E-state index contributed by atoms with van der Waals surface area (Å²) in [6.45, 7) is 3.16. The van der Waals surface area contributed by atoms with Gasteiger partial charge in [-0.25, -0.2) is 14.6 Å². The molecule has 6 nitrogen and oxygen atoms in total. The van der Waals surface area contributed by atoms with E-state index in [0.29, 0.717) is 11.0 Å². The molecule has 2 heterocycles. The van der Waals surface area contributed by atoms with E-state index in [1.165, 1.54) is 16.7 Å². The van der Waals surface area contributed by atoms with Crippen LogP contribution in [0, 0.1) is 0 Å². The Hall–Kier alpha value is -1.63. The lowest BCUT2D eigenvalue weighted by molar-refractivity contribution is 0.0691. The first-order valence-electron chi connectivity index (χ1n) is 6.34. The number of aromatic carboxylic acids is 1. The summed E-state index contributed by atoms with van der Waals surface area (Å²) in [5.41, 5.74) is 0.0295. The van der Waals surface area contributed by atoms with Gasteiger partial charge in [0.05, 0.1) is 6.54 Å². The van der Waals surface area contributed by atoms with E-state index in [2.05, 4.69) is 17.2 Å². The van der Waals surface area contributed by atoms with E-state index in [-0.39, 0.29) is 18.3 Å². The molecule has 1 atom stereocenters. The summed E-state index contributed by atoms with van der Waals surface area (Å²) in [4.78, 5) is 28.5. The van der Waals surface area contributed by atoms with Gasteiger partial charge < -0.3 is 15.3 Å². The van der Waals surface area contributed by atoms with Crippen LogP contribution < -0.4 is 5.32 Å². The molecular weight excluding hydrogens is 266 g/mol. The van der Waals surface area contributed by atoms with Crippen LogP contribution in [0.15, 0.2) is 5.38 Å². The van der Waals surface area contributed by atoms with Crippen LogP contribution in [0.4, 0.5) is 4.79 Å². The second-order valence-corrected chi connectivity index (χ2v) is 5.43. The lowest BCUT2D eigenvalue weighted by Gasteiger charge is -2.23. The van der Waals surface area contributed by atoms with Crippen molar-refractivity contribution in [3.8, 4) is 0 Å². The van der Waals surface area contributed by atoms with Gasteiger partial charge in [-0.2, -0.15) is 0 Å². The predicted molar refractivity (Wildman–Crippen MR) is 71.3 cm³/mol. The topological polar surface area (TPSA) is 82.5 Å². The van der Waals surface area contributed by atoms with E-state index in [1.54, 1.807) is 0 Å². The van der Waals surface area contributed by atoms with Crippen molar-refractivity contribution in [1.29, 1.82) is 0 Å². The van der Waals surface area contributed by atoms with Crippen LogP contribution in [0.3, 0.4) is 0 Å². The van der Waals surface area contributed by atoms with Crippen molar-refractivity contribution in [3.63, 3.8) is 0 Å². The van der Waals surface area contributed by atoms with Gasteiger partial charge in [0.15, 0.2) is 5.69 Å². The largest absolute Gasteiger partial charge is 0.476 e. The minimum Gasteiger partial charge on any atom is -0.476 e. The molecule has 1 aliphatic heterocycles. The number of carbonyl (C=O) groups is 2. The SMILES string of the molecule is CCC1CCCN1C(=O)NCc1nc(C(=O)O)cs1. The monoisotopic (exact) mass is 283 g/mol. The van der Waals surface area contributed by atoms with Crippen LogP contribution in [0.1, 0.15) is 41.7 Å². The molecule has 2 amide bonds. The molecule has 0 aromatic carbocycles. The number of carboxylic acid groups (broad SMARTS) is 1. The lowest BCUT2D eigenvalue weighted by Crippen LogP contribution is -2.42. The molecule has 1 unspecified atom stereocenters. The molecule has 2 rings (SSSR count). The maximum absolute atomic E-state index is 12.0. The first-order chi connectivity index (χ1) is 9.11. The second-order valence-electron chi connectivity index (χ2n) is 4.49. The summed E-state index contributed by atoms with van der Waals surface area (Å²) in [7, 11) is 0. The average Bonchev–Trinajstić information content (AvgIpc) is 3.04. The van der Waals surface area contributed by atoms with Gasteiger partial charge in [0.2, 0.25) is 0 Å². The molecule has 2 N–H and O–H groups in total.